The van der Waals surface area contributed by atoms with Crippen LogP contribution >= 0.6 is 23.1 Å². The van der Waals surface area contributed by atoms with Gasteiger partial charge in [-0.3, -0.25) is 9.59 Å². The van der Waals surface area contributed by atoms with Crippen LogP contribution in [-0.2, 0) is 19.7 Å². The van der Waals surface area contributed by atoms with E-state index < -0.39 is 5.41 Å². The molecule has 2 aromatic carbocycles. The van der Waals surface area contributed by atoms with Crippen LogP contribution in [0.1, 0.15) is 80.4 Å². The Bertz CT molecular complexity index is 1630. The smallest absolute Gasteiger partial charge is 0.312 e. The molecule has 1 unspecified atom stereocenters. The second kappa shape index (κ2) is 10.2. The van der Waals surface area contributed by atoms with E-state index in [0.717, 1.165) is 41.0 Å². The summed E-state index contributed by atoms with van der Waals surface area (Å²) in [5, 5.41) is 3.81. The Hall–Kier alpha value is -3.30. The van der Waals surface area contributed by atoms with Gasteiger partial charge < -0.3 is 10.1 Å². The maximum atomic E-state index is 13.3. The number of amides is 1. The van der Waals surface area contributed by atoms with E-state index >= 15 is 0 Å². The molecule has 2 fully saturated rings. The third-order valence-electron chi connectivity index (χ3n) is 8.82. The van der Waals surface area contributed by atoms with Crippen molar-refractivity contribution in [1.82, 2.24) is 10.3 Å². The molecule has 3 aromatic rings. The van der Waals surface area contributed by atoms with Gasteiger partial charge in [-0.1, -0.05) is 62.8 Å². The van der Waals surface area contributed by atoms with E-state index in [-0.39, 0.29) is 29.0 Å². The zero-order valence-electron chi connectivity index (χ0n) is 23.7. The number of aliphatic imine (C=N–C) groups is 1. The first-order valence-corrected chi connectivity index (χ1v) is 15.5. The number of nitrogens with one attached hydrogen (secondary N) is 1. The highest BCUT2D eigenvalue weighted by Gasteiger charge is 2.58. The Balaban J connectivity index is 1.45. The molecule has 1 amide bonds. The maximum Gasteiger partial charge on any atom is 0.312 e. The number of methoxy groups -OCH3 is 1. The van der Waals surface area contributed by atoms with E-state index in [0.29, 0.717) is 21.1 Å². The molecule has 2 aliphatic carbocycles. The predicted molar refractivity (Wildman–Crippen MR) is 163 cm³/mol. The maximum absolute atomic E-state index is 13.3. The number of thiazole rings is 1. The number of ether oxygens (including phenoxy) is 1. The zero-order chi connectivity index (χ0) is 29.1. The Morgan fingerprint density at radius 1 is 1.20 bits per heavy atom. The Morgan fingerprint density at radius 3 is 2.66 bits per heavy atom. The first-order chi connectivity index (χ1) is 19.5. The molecule has 1 N–H and O–H groups in total. The molecule has 6 nitrogen and oxygen atoms in total. The summed E-state index contributed by atoms with van der Waals surface area (Å²) < 4.78 is 18.7. The SMILES string of the molecule is COC(=O)[C@]1(C)CCC[C@]2(C)c3ccc(C(C)C)cc3-c3nc(/N=C4\NC(=O)/C(=C/c5ccc(F)cc5)S4)sc3C12. The van der Waals surface area contributed by atoms with E-state index in [1.54, 1.807) is 18.2 Å². The molecule has 9 heteroatoms. The van der Waals surface area contributed by atoms with Gasteiger partial charge in [0, 0.05) is 21.8 Å². The number of aromatic nitrogens is 1. The fourth-order valence-corrected chi connectivity index (χ4v) is 9.03. The predicted octanol–water partition coefficient (Wildman–Crippen LogP) is 7.68. The van der Waals surface area contributed by atoms with Gasteiger partial charge in [0.2, 0.25) is 5.13 Å². The molecule has 2 heterocycles. The lowest BCUT2D eigenvalue weighted by molar-refractivity contribution is -0.157. The number of rotatable bonds is 4. The van der Waals surface area contributed by atoms with E-state index in [2.05, 4.69) is 44.3 Å². The third-order valence-corrected chi connectivity index (χ3v) is 10.7. The fraction of sp³-hybridized carbons (Fsp3) is 0.375. The summed E-state index contributed by atoms with van der Waals surface area (Å²) in [6.07, 6.45) is 4.35. The van der Waals surface area contributed by atoms with Crippen LogP contribution < -0.4 is 5.32 Å². The van der Waals surface area contributed by atoms with Gasteiger partial charge in [-0.2, -0.15) is 4.99 Å². The van der Waals surface area contributed by atoms with Gasteiger partial charge in [-0.25, -0.2) is 9.37 Å². The molecule has 0 radical (unpaired) electrons. The average molecular weight is 590 g/mol. The van der Waals surface area contributed by atoms with Crippen molar-refractivity contribution >= 4 is 51.4 Å². The van der Waals surface area contributed by atoms with Crippen LogP contribution in [0.5, 0.6) is 0 Å². The third kappa shape index (κ3) is 4.63. The number of halogens is 1. The quantitative estimate of drug-likeness (QED) is 0.249. The summed E-state index contributed by atoms with van der Waals surface area (Å²) in [5.41, 5.74) is 4.17. The Labute approximate surface area is 247 Å². The molecule has 3 atom stereocenters. The van der Waals surface area contributed by atoms with Gasteiger partial charge in [0.1, 0.15) is 5.82 Å². The second-order valence-electron chi connectivity index (χ2n) is 11.8. The van der Waals surface area contributed by atoms with Crippen molar-refractivity contribution in [2.75, 3.05) is 7.11 Å². The number of nitrogens with zero attached hydrogens (tertiary/aromatic N) is 2. The molecule has 1 aliphatic heterocycles. The molecule has 41 heavy (non-hydrogen) atoms. The lowest BCUT2D eigenvalue weighted by atomic mass is 9.50. The molecular weight excluding hydrogens is 558 g/mol. The molecule has 1 saturated carbocycles. The lowest BCUT2D eigenvalue weighted by Crippen LogP contribution is -2.50. The lowest BCUT2D eigenvalue weighted by Gasteiger charge is -2.53. The van der Waals surface area contributed by atoms with Gasteiger partial charge in [0.05, 0.1) is 23.1 Å². The highest BCUT2D eigenvalue weighted by atomic mass is 32.2. The van der Waals surface area contributed by atoms with Crippen molar-refractivity contribution in [2.45, 2.75) is 64.2 Å². The minimum atomic E-state index is -0.705. The Morgan fingerprint density at radius 2 is 1.95 bits per heavy atom. The number of hydrogen-bond acceptors (Lipinski definition) is 7. The zero-order valence-corrected chi connectivity index (χ0v) is 25.3. The molecule has 212 valence electrons. The normalized spacial score (nSPS) is 27.0. The number of esters is 1. The number of hydrogen-bond donors (Lipinski definition) is 1. The summed E-state index contributed by atoms with van der Waals surface area (Å²) in [5.74, 6) is -0.544. The van der Waals surface area contributed by atoms with Gasteiger partial charge >= 0.3 is 5.97 Å². The number of carbonyl (C=O) groups excluding carboxylic acids is 2. The molecule has 0 bridgehead atoms. The van der Waals surface area contributed by atoms with Crippen LogP contribution in [0.15, 0.2) is 52.4 Å². The summed E-state index contributed by atoms with van der Waals surface area (Å²) >= 11 is 2.72. The topological polar surface area (TPSA) is 80.7 Å². The average Bonchev–Trinajstić information content (AvgIpc) is 3.51. The molecule has 1 aromatic heterocycles. The molecule has 3 aliphatic rings. The van der Waals surface area contributed by atoms with Crippen molar-refractivity contribution < 1.29 is 18.7 Å². The van der Waals surface area contributed by atoms with Gasteiger partial charge in [-0.05, 0) is 78.4 Å². The Kier molecular flexibility index (Phi) is 6.93. The molecule has 0 spiro atoms. The molecule has 1 saturated heterocycles. The number of amidine groups is 1. The largest absolute Gasteiger partial charge is 0.469 e. The summed E-state index contributed by atoms with van der Waals surface area (Å²) in [7, 11) is 1.47. The van der Waals surface area contributed by atoms with Crippen molar-refractivity contribution in [3.8, 4) is 11.3 Å². The van der Waals surface area contributed by atoms with Crippen molar-refractivity contribution in [3.05, 3.63) is 74.8 Å². The van der Waals surface area contributed by atoms with Crippen LogP contribution in [0.4, 0.5) is 9.52 Å². The number of benzene rings is 2. The fourth-order valence-electron chi connectivity index (χ4n) is 6.79. The standard InChI is InChI=1S/C32H32FN3O3S2/c1-17(2)19-9-12-22-21(16-19)24-25(26-31(22,3)13-6-14-32(26,4)28(38)39-5)41-29(34-24)36-30-35-27(37)23(40-30)15-18-7-10-20(33)11-8-18/h7-12,15-17,26H,6,13-14H2,1-5H3,(H,34,35,36,37)/b23-15-/t26?,31-,32-/m1/s1. The van der Waals surface area contributed by atoms with Crippen LogP contribution in [0, 0.1) is 11.2 Å². The minimum absolute atomic E-state index is 0.116. The number of thioether (sulfide) groups is 1. The van der Waals surface area contributed by atoms with Crippen molar-refractivity contribution in [3.63, 3.8) is 0 Å². The van der Waals surface area contributed by atoms with Gasteiger partial charge in [-0.15, -0.1) is 0 Å². The second-order valence-corrected chi connectivity index (χ2v) is 13.9. The molecular formula is C32H32FN3O3S2. The van der Waals surface area contributed by atoms with E-state index in [1.165, 1.54) is 53.5 Å². The first kappa shape index (κ1) is 27.8. The molecule has 6 rings (SSSR count). The summed E-state index contributed by atoms with van der Waals surface area (Å²) in [6.45, 7) is 8.67. The highest BCUT2D eigenvalue weighted by Crippen LogP contribution is 2.65. The van der Waals surface area contributed by atoms with Crippen LogP contribution in [0.2, 0.25) is 0 Å². The monoisotopic (exact) mass is 589 g/mol. The minimum Gasteiger partial charge on any atom is -0.469 e. The van der Waals surface area contributed by atoms with Crippen LogP contribution in [-0.4, -0.2) is 29.1 Å². The van der Waals surface area contributed by atoms with E-state index in [9.17, 15) is 14.0 Å². The first-order valence-electron chi connectivity index (χ1n) is 13.8. The van der Waals surface area contributed by atoms with Crippen LogP contribution in [0.3, 0.4) is 0 Å². The summed E-state index contributed by atoms with van der Waals surface area (Å²) in [4.78, 5) is 37.3. The number of fused-ring (bicyclic) bond motifs is 6. The van der Waals surface area contributed by atoms with Gasteiger partial charge in [0.25, 0.3) is 5.91 Å². The van der Waals surface area contributed by atoms with Crippen LogP contribution in [0.25, 0.3) is 17.3 Å². The van der Waals surface area contributed by atoms with Crippen molar-refractivity contribution in [1.29, 1.82) is 0 Å². The highest BCUT2D eigenvalue weighted by molar-refractivity contribution is 8.18. The van der Waals surface area contributed by atoms with E-state index in [4.69, 9.17) is 14.7 Å². The van der Waals surface area contributed by atoms with E-state index in [1.807, 2.05) is 6.92 Å². The van der Waals surface area contributed by atoms with Crippen molar-refractivity contribution in [2.24, 2.45) is 10.4 Å². The summed E-state index contributed by atoms with van der Waals surface area (Å²) in [6, 6.07) is 12.7. The van der Waals surface area contributed by atoms with Gasteiger partial charge in [0.15, 0.2) is 5.17 Å². The number of carbonyl (C=O) groups is 2.